The molecule has 0 unspecified atom stereocenters. The average molecular weight is 257 g/mol. The van der Waals surface area contributed by atoms with Gasteiger partial charge >= 0.3 is 0 Å². The Bertz CT molecular complexity index is 385. The summed E-state index contributed by atoms with van der Waals surface area (Å²) >= 11 is 3.20. The number of hydrogen-bond acceptors (Lipinski definition) is 3. The quantitative estimate of drug-likeness (QED) is 0.617. The van der Waals surface area contributed by atoms with Crippen molar-refractivity contribution in [1.82, 2.24) is 0 Å². The predicted octanol–water partition coefficient (Wildman–Crippen LogP) is 2.47. The Balaban J connectivity index is 3.41. The van der Waals surface area contributed by atoms with Crippen LogP contribution in [0.4, 0.5) is 0 Å². The van der Waals surface area contributed by atoms with Crippen molar-refractivity contribution in [2.24, 2.45) is 0 Å². The topological polar surface area (TPSA) is 43.4 Å². The van der Waals surface area contributed by atoms with Crippen LogP contribution in [0.2, 0.25) is 0 Å². The zero-order chi connectivity index (χ0) is 10.7. The Morgan fingerprint density at radius 2 is 2.14 bits per heavy atom. The monoisotopic (exact) mass is 256 g/mol. The highest BCUT2D eigenvalue weighted by atomic mass is 79.9. The minimum atomic E-state index is -0.112. The average Bonchev–Trinajstić information content (AvgIpc) is 2.17. The van der Waals surface area contributed by atoms with E-state index in [2.05, 4.69) is 15.9 Å². The molecule has 74 valence electrons. The summed E-state index contributed by atoms with van der Waals surface area (Å²) in [5.74, 6) is 0.388. The molecule has 0 amide bonds. The number of halogens is 1. The Morgan fingerprint density at radius 3 is 2.57 bits per heavy atom. The van der Waals surface area contributed by atoms with Crippen molar-refractivity contribution in [2.75, 3.05) is 7.11 Å². The first-order valence-corrected chi connectivity index (χ1v) is 4.73. The number of ketones is 1. The molecule has 0 aliphatic carbocycles. The van der Waals surface area contributed by atoms with E-state index >= 15 is 0 Å². The van der Waals surface area contributed by atoms with Crippen molar-refractivity contribution < 1.29 is 14.3 Å². The molecule has 0 saturated heterocycles. The van der Waals surface area contributed by atoms with E-state index in [9.17, 15) is 9.59 Å². The molecular weight excluding hydrogens is 248 g/mol. The van der Waals surface area contributed by atoms with E-state index < -0.39 is 0 Å². The van der Waals surface area contributed by atoms with Crippen LogP contribution < -0.4 is 4.74 Å². The van der Waals surface area contributed by atoms with E-state index in [1.165, 1.54) is 14.0 Å². The molecule has 1 rings (SSSR count). The van der Waals surface area contributed by atoms with Gasteiger partial charge < -0.3 is 4.74 Å². The van der Waals surface area contributed by atoms with Gasteiger partial charge in [-0.05, 0) is 35.0 Å². The largest absolute Gasteiger partial charge is 0.497 e. The van der Waals surface area contributed by atoms with Crippen LogP contribution in [-0.2, 0) is 0 Å². The highest BCUT2D eigenvalue weighted by Gasteiger charge is 2.11. The lowest BCUT2D eigenvalue weighted by molar-refractivity contribution is 0.101. The van der Waals surface area contributed by atoms with Gasteiger partial charge in [-0.15, -0.1) is 0 Å². The second kappa shape index (κ2) is 4.37. The van der Waals surface area contributed by atoms with Gasteiger partial charge in [0.2, 0.25) is 0 Å². The predicted molar refractivity (Wildman–Crippen MR) is 56.1 cm³/mol. The van der Waals surface area contributed by atoms with Gasteiger partial charge in [-0.25, -0.2) is 0 Å². The van der Waals surface area contributed by atoms with Crippen LogP contribution >= 0.6 is 15.9 Å². The van der Waals surface area contributed by atoms with Crippen LogP contribution in [0.5, 0.6) is 5.75 Å². The Labute approximate surface area is 90.2 Å². The summed E-state index contributed by atoms with van der Waals surface area (Å²) in [5.41, 5.74) is 0.862. The first-order valence-electron chi connectivity index (χ1n) is 3.93. The fraction of sp³-hybridized carbons (Fsp3) is 0.200. The molecule has 0 aliphatic rings. The molecule has 0 atom stereocenters. The third-order valence-corrected chi connectivity index (χ3v) is 2.70. The summed E-state index contributed by atoms with van der Waals surface area (Å²) < 4.78 is 5.49. The van der Waals surface area contributed by atoms with Crippen LogP contribution in [0.15, 0.2) is 16.6 Å². The van der Waals surface area contributed by atoms with Gasteiger partial charge in [0, 0.05) is 15.6 Å². The molecule has 0 aromatic heterocycles. The molecule has 0 fully saturated rings. The molecule has 0 radical (unpaired) electrons. The van der Waals surface area contributed by atoms with E-state index in [0.717, 1.165) is 0 Å². The minimum absolute atomic E-state index is 0.112. The highest BCUT2D eigenvalue weighted by Crippen LogP contribution is 2.26. The van der Waals surface area contributed by atoms with Crippen molar-refractivity contribution >= 4 is 28.0 Å². The van der Waals surface area contributed by atoms with E-state index in [-0.39, 0.29) is 5.78 Å². The normalized spacial score (nSPS) is 9.64. The zero-order valence-electron chi connectivity index (χ0n) is 7.83. The lowest BCUT2D eigenvalue weighted by Gasteiger charge is -2.06. The molecule has 0 N–H and O–H groups in total. The van der Waals surface area contributed by atoms with E-state index in [1.807, 2.05) is 0 Å². The number of benzene rings is 1. The van der Waals surface area contributed by atoms with Crippen molar-refractivity contribution in [3.63, 3.8) is 0 Å². The molecule has 4 heteroatoms. The van der Waals surface area contributed by atoms with Crippen LogP contribution in [-0.4, -0.2) is 19.2 Å². The number of rotatable bonds is 3. The maximum atomic E-state index is 11.2. The molecule has 0 bridgehead atoms. The second-order valence-corrected chi connectivity index (χ2v) is 3.55. The summed E-state index contributed by atoms with van der Waals surface area (Å²) in [5, 5.41) is 0. The van der Waals surface area contributed by atoms with E-state index in [0.29, 0.717) is 27.6 Å². The number of Topliss-reactive ketones (excluding diaryl/α,β-unsaturated/α-hetero) is 1. The SMILES string of the molecule is COc1cc(C=O)c(Br)c(C(C)=O)c1. The van der Waals surface area contributed by atoms with Crippen LogP contribution in [0, 0.1) is 0 Å². The molecule has 3 nitrogen and oxygen atoms in total. The molecule has 1 aromatic rings. The first-order chi connectivity index (χ1) is 6.60. The standard InChI is InChI=1S/C10H9BrO3/c1-6(13)9-4-8(14-2)3-7(5-12)10(9)11/h3-5H,1-2H3. The maximum absolute atomic E-state index is 11.2. The number of carbonyl (C=O) groups excluding carboxylic acids is 2. The van der Waals surface area contributed by atoms with Crippen molar-refractivity contribution in [2.45, 2.75) is 6.92 Å². The molecular formula is C10H9BrO3. The number of aldehydes is 1. The van der Waals surface area contributed by atoms with E-state index in [4.69, 9.17) is 4.74 Å². The first kappa shape index (κ1) is 10.9. The van der Waals surface area contributed by atoms with Crippen molar-refractivity contribution in [3.05, 3.63) is 27.7 Å². The summed E-state index contributed by atoms with van der Waals surface area (Å²) in [7, 11) is 1.49. The molecule has 0 spiro atoms. The number of ether oxygens (including phenoxy) is 1. The van der Waals surface area contributed by atoms with Crippen LogP contribution in [0.25, 0.3) is 0 Å². The summed E-state index contributed by atoms with van der Waals surface area (Å²) in [6, 6.07) is 3.17. The Morgan fingerprint density at radius 1 is 1.50 bits per heavy atom. The third-order valence-electron chi connectivity index (χ3n) is 1.82. The Kier molecular flexibility index (Phi) is 3.41. The van der Waals surface area contributed by atoms with Gasteiger partial charge in [-0.2, -0.15) is 0 Å². The molecule has 0 saturated carbocycles. The fourth-order valence-corrected chi connectivity index (χ4v) is 1.68. The number of hydrogen-bond donors (Lipinski definition) is 0. The van der Waals surface area contributed by atoms with Crippen LogP contribution in [0.3, 0.4) is 0 Å². The van der Waals surface area contributed by atoms with Gasteiger partial charge in [0.1, 0.15) is 5.75 Å². The van der Waals surface area contributed by atoms with Crippen molar-refractivity contribution in [1.29, 1.82) is 0 Å². The third kappa shape index (κ3) is 2.01. The zero-order valence-corrected chi connectivity index (χ0v) is 9.42. The van der Waals surface area contributed by atoms with Gasteiger partial charge in [0.15, 0.2) is 12.1 Å². The lowest BCUT2D eigenvalue weighted by atomic mass is 10.1. The summed E-state index contributed by atoms with van der Waals surface area (Å²) in [6.45, 7) is 1.44. The van der Waals surface area contributed by atoms with Crippen LogP contribution in [0.1, 0.15) is 27.6 Å². The van der Waals surface area contributed by atoms with E-state index in [1.54, 1.807) is 12.1 Å². The fourth-order valence-electron chi connectivity index (χ4n) is 1.08. The Hall–Kier alpha value is -1.16. The highest BCUT2D eigenvalue weighted by molar-refractivity contribution is 9.10. The molecule has 0 aliphatic heterocycles. The molecule has 0 heterocycles. The molecule has 14 heavy (non-hydrogen) atoms. The maximum Gasteiger partial charge on any atom is 0.161 e. The lowest BCUT2D eigenvalue weighted by Crippen LogP contribution is -1.98. The second-order valence-electron chi connectivity index (χ2n) is 2.75. The van der Waals surface area contributed by atoms with Crippen molar-refractivity contribution in [3.8, 4) is 5.75 Å². The van der Waals surface area contributed by atoms with Gasteiger partial charge in [0.05, 0.1) is 7.11 Å². The smallest absolute Gasteiger partial charge is 0.161 e. The minimum Gasteiger partial charge on any atom is -0.497 e. The van der Waals surface area contributed by atoms with Gasteiger partial charge in [-0.1, -0.05) is 0 Å². The number of methoxy groups -OCH3 is 1. The molecule has 1 aromatic carbocycles. The van der Waals surface area contributed by atoms with Gasteiger partial charge in [0.25, 0.3) is 0 Å². The number of carbonyl (C=O) groups is 2. The summed E-state index contributed by atoms with van der Waals surface area (Å²) in [4.78, 5) is 21.9. The van der Waals surface area contributed by atoms with Gasteiger partial charge in [-0.3, -0.25) is 9.59 Å². The summed E-state index contributed by atoms with van der Waals surface area (Å²) in [6.07, 6.45) is 0.680.